The number of rotatable bonds is 0. The second-order valence-electron chi connectivity index (χ2n) is 6.15. The summed E-state index contributed by atoms with van der Waals surface area (Å²) in [6.45, 7) is 7.52. The summed E-state index contributed by atoms with van der Waals surface area (Å²) in [4.78, 5) is 25.7. The zero-order chi connectivity index (χ0) is 12.8. The van der Waals surface area contributed by atoms with E-state index in [9.17, 15) is 9.59 Å². The Bertz CT molecular complexity index is 345. The summed E-state index contributed by atoms with van der Waals surface area (Å²) in [5.41, 5.74) is -0.471. The first-order valence-electron chi connectivity index (χ1n) is 6.33. The van der Waals surface area contributed by atoms with E-state index in [-0.39, 0.29) is 29.9 Å². The fraction of sp³-hybridized carbons (Fsp3) is 0.846. The average Bonchev–Trinajstić information content (AvgIpc) is 2.51. The standard InChI is InChI=1S/C13H21NO3/c1-8-10-6-5-9(7-11(8)15)14(10)12(16)17-13(2,3)4/h8-10H,5-7H2,1-4H3/t8-,9-,10+/m0/s1. The molecule has 2 heterocycles. The number of fused-ring (bicyclic) bond motifs is 2. The summed E-state index contributed by atoms with van der Waals surface area (Å²) in [6.07, 6.45) is 2.10. The first-order chi connectivity index (χ1) is 7.79. The van der Waals surface area contributed by atoms with E-state index >= 15 is 0 Å². The Kier molecular flexibility index (Phi) is 2.92. The Morgan fingerprint density at radius 3 is 2.59 bits per heavy atom. The van der Waals surface area contributed by atoms with E-state index in [2.05, 4.69) is 0 Å². The van der Waals surface area contributed by atoms with Crippen LogP contribution in [0.3, 0.4) is 0 Å². The average molecular weight is 239 g/mol. The summed E-state index contributed by atoms with van der Waals surface area (Å²) in [5.74, 6) is 0.249. The van der Waals surface area contributed by atoms with Crippen molar-refractivity contribution in [3.05, 3.63) is 0 Å². The van der Waals surface area contributed by atoms with Crippen LogP contribution in [-0.2, 0) is 9.53 Å². The van der Waals surface area contributed by atoms with Gasteiger partial charge in [0.1, 0.15) is 11.4 Å². The van der Waals surface area contributed by atoms with Crippen LogP contribution in [0.25, 0.3) is 0 Å². The smallest absolute Gasteiger partial charge is 0.410 e. The molecule has 0 spiro atoms. The number of hydrogen-bond acceptors (Lipinski definition) is 3. The molecule has 0 unspecified atom stereocenters. The molecule has 2 saturated heterocycles. The van der Waals surface area contributed by atoms with Gasteiger partial charge >= 0.3 is 6.09 Å². The molecule has 2 rings (SSSR count). The van der Waals surface area contributed by atoms with E-state index in [0.29, 0.717) is 6.42 Å². The lowest BCUT2D eigenvalue weighted by Crippen LogP contribution is -2.52. The molecule has 3 atom stereocenters. The molecule has 0 aromatic rings. The Balaban J connectivity index is 2.12. The molecule has 4 nitrogen and oxygen atoms in total. The number of Topliss-reactive ketones (excluding diaryl/α,β-unsaturated/α-hetero) is 1. The first-order valence-corrected chi connectivity index (χ1v) is 6.33. The van der Waals surface area contributed by atoms with Gasteiger partial charge in [0.05, 0.1) is 0 Å². The third kappa shape index (κ3) is 2.31. The molecule has 2 bridgehead atoms. The van der Waals surface area contributed by atoms with Gasteiger partial charge in [0.15, 0.2) is 0 Å². The number of nitrogens with zero attached hydrogens (tertiary/aromatic N) is 1. The second kappa shape index (κ2) is 4.00. The van der Waals surface area contributed by atoms with Crippen LogP contribution in [0, 0.1) is 5.92 Å². The van der Waals surface area contributed by atoms with Crippen molar-refractivity contribution < 1.29 is 14.3 Å². The maximum atomic E-state index is 12.1. The van der Waals surface area contributed by atoms with Crippen LogP contribution >= 0.6 is 0 Å². The quantitative estimate of drug-likeness (QED) is 0.652. The number of ketones is 1. The van der Waals surface area contributed by atoms with Crippen LogP contribution in [0.5, 0.6) is 0 Å². The van der Waals surface area contributed by atoms with Crippen molar-refractivity contribution >= 4 is 11.9 Å². The lowest BCUT2D eigenvalue weighted by atomic mass is 9.91. The normalized spacial score (nSPS) is 32.8. The van der Waals surface area contributed by atoms with Gasteiger partial charge in [-0.25, -0.2) is 4.79 Å². The van der Waals surface area contributed by atoms with Gasteiger partial charge in [-0.2, -0.15) is 0 Å². The van der Waals surface area contributed by atoms with Gasteiger partial charge in [-0.15, -0.1) is 0 Å². The van der Waals surface area contributed by atoms with E-state index < -0.39 is 5.60 Å². The van der Waals surface area contributed by atoms with Crippen molar-refractivity contribution in [2.75, 3.05) is 0 Å². The lowest BCUT2D eigenvalue weighted by molar-refractivity contribution is -0.128. The van der Waals surface area contributed by atoms with Crippen molar-refractivity contribution in [3.8, 4) is 0 Å². The van der Waals surface area contributed by atoms with Gasteiger partial charge in [-0.3, -0.25) is 4.79 Å². The molecule has 0 radical (unpaired) electrons. The minimum atomic E-state index is -0.471. The minimum Gasteiger partial charge on any atom is -0.444 e. The summed E-state index contributed by atoms with van der Waals surface area (Å²) in [6, 6.07) is 0.120. The molecule has 0 aliphatic carbocycles. The number of amides is 1. The SMILES string of the molecule is C[C@@H]1C(=O)C[C@@H]2CC[C@H]1N2C(=O)OC(C)(C)C. The van der Waals surface area contributed by atoms with Gasteiger partial charge in [0.2, 0.25) is 0 Å². The summed E-state index contributed by atoms with van der Waals surface area (Å²) >= 11 is 0. The summed E-state index contributed by atoms with van der Waals surface area (Å²) in [5, 5.41) is 0. The van der Waals surface area contributed by atoms with Gasteiger partial charge in [0, 0.05) is 24.4 Å². The predicted octanol–water partition coefficient (Wildman–Crippen LogP) is 2.36. The number of ether oxygens (including phenoxy) is 1. The first kappa shape index (κ1) is 12.4. The van der Waals surface area contributed by atoms with E-state index in [1.807, 2.05) is 27.7 Å². The number of carbonyl (C=O) groups is 2. The van der Waals surface area contributed by atoms with Crippen LogP contribution < -0.4 is 0 Å². The van der Waals surface area contributed by atoms with Gasteiger partial charge < -0.3 is 9.64 Å². The molecule has 2 aliphatic rings. The molecular weight excluding hydrogens is 218 g/mol. The predicted molar refractivity (Wildman–Crippen MR) is 63.7 cm³/mol. The fourth-order valence-electron chi connectivity index (χ4n) is 2.84. The Morgan fingerprint density at radius 2 is 2.00 bits per heavy atom. The largest absolute Gasteiger partial charge is 0.444 e. The second-order valence-corrected chi connectivity index (χ2v) is 6.15. The number of hydrogen-bond donors (Lipinski definition) is 0. The molecule has 0 aromatic carbocycles. The van der Waals surface area contributed by atoms with Crippen LogP contribution in [-0.4, -0.2) is 34.5 Å². The van der Waals surface area contributed by atoms with Crippen molar-refractivity contribution in [1.82, 2.24) is 4.90 Å². The van der Waals surface area contributed by atoms with E-state index in [1.165, 1.54) is 0 Å². The minimum absolute atomic E-state index is 0.0405. The zero-order valence-corrected chi connectivity index (χ0v) is 11.0. The van der Waals surface area contributed by atoms with Crippen molar-refractivity contribution in [3.63, 3.8) is 0 Å². The van der Waals surface area contributed by atoms with Gasteiger partial charge in [0.25, 0.3) is 0 Å². The Labute approximate surface area is 102 Å². The molecule has 17 heavy (non-hydrogen) atoms. The maximum Gasteiger partial charge on any atom is 0.410 e. The molecule has 2 aliphatic heterocycles. The van der Waals surface area contributed by atoms with Gasteiger partial charge in [-0.05, 0) is 33.6 Å². The molecule has 0 N–H and O–H groups in total. The summed E-state index contributed by atoms with van der Waals surface area (Å²) < 4.78 is 5.42. The van der Waals surface area contributed by atoms with E-state index in [4.69, 9.17) is 4.74 Å². The monoisotopic (exact) mass is 239 g/mol. The molecule has 4 heteroatoms. The molecule has 1 amide bonds. The van der Waals surface area contributed by atoms with E-state index in [1.54, 1.807) is 4.90 Å². The third-order valence-electron chi connectivity index (χ3n) is 3.67. The van der Waals surface area contributed by atoms with E-state index in [0.717, 1.165) is 12.8 Å². The molecule has 96 valence electrons. The van der Waals surface area contributed by atoms with Crippen LogP contribution in [0.15, 0.2) is 0 Å². The summed E-state index contributed by atoms with van der Waals surface area (Å²) in [7, 11) is 0. The van der Waals surface area contributed by atoms with Crippen molar-refractivity contribution in [2.24, 2.45) is 5.92 Å². The van der Waals surface area contributed by atoms with Crippen LogP contribution in [0.1, 0.15) is 47.0 Å². The Morgan fingerprint density at radius 1 is 1.35 bits per heavy atom. The van der Waals surface area contributed by atoms with Crippen LogP contribution in [0.4, 0.5) is 4.79 Å². The van der Waals surface area contributed by atoms with Crippen molar-refractivity contribution in [1.29, 1.82) is 0 Å². The Hall–Kier alpha value is -1.06. The molecular formula is C13H21NO3. The van der Waals surface area contributed by atoms with Crippen molar-refractivity contribution in [2.45, 2.75) is 64.6 Å². The highest BCUT2D eigenvalue weighted by molar-refractivity contribution is 5.85. The zero-order valence-electron chi connectivity index (χ0n) is 11.0. The number of piperidine rings is 1. The number of carbonyl (C=O) groups excluding carboxylic acids is 2. The van der Waals surface area contributed by atoms with Crippen LogP contribution in [0.2, 0.25) is 0 Å². The highest BCUT2D eigenvalue weighted by atomic mass is 16.6. The molecule has 2 fully saturated rings. The molecule has 0 saturated carbocycles. The molecule has 0 aromatic heterocycles. The maximum absolute atomic E-state index is 12.1. The highest BCUT2D eigenvalue weighted by Gasteiger charge is 2.48. The fourth-order valence-corrected chi connectivity index (χ4v) is 2.84. The highest BCUT2D eigenvalue weighted by Crippen LogP contribution is 2.38. The third-order valence-corrected chi connectivity index (χ3v) is 3.67. The topological polar surface area (TPSA) is 46.6 Å². The van der Waals surface area contributed by atoms with Gasteiger partial charge in [-0.1, -0.05) is 6.92 Å². The lowest BCUT2D eigenvalue weighted by Gasteiger charge is -2.38.